The number of carboxylic acids is 1. The summed E-state index contributed by atoms with van der Waals surface area (Å²) in [6.07, 6.45) is -2.76. The van der Waals surface area contributed by atoms with E-state index in [9.17, 15) is 23.1 Å². The predicted octanol–water partition coefficient (Wildman–Crippen LogP) is 4.31. The molecule has 0 amide bonds. The van der Waals surface area contributed by atoms with Gasteiger partial charge in [-0.2, -0.15) is 13.2 Å². The molecule has 2 rings (SSSR count). The molecule has 1 unspecified atom stereocenters. The molecule has 140 valence electrons. The van der Waals surface area contributed by atoms with Gasteiger partial charge >= 0.3 is 12.1 Å². The van der Waals surface area contributed by atoms with E-state index in [-0.39, 0.29) is 6.04 Å². The van der Waals surface area contributed by atoms with E-state index in [1.54, 1.807) is 0 Å². The van der Waals surface area contributed by atoms with Gasteiger partial charge in [0, 0.05) is 6.04 Å². The number of hydrogen-bond acceptors (Lipinski definition) is 2. The van der Waals surface area contributed by atoms with E-state index in [0.717, 1.165) is 23.3 Å². The molecular formula is C20H22F3NO2. The zero-order valence-electron chi connectivity index (χ0n) is 14.5. The van der Waals surface area contributed by atoms with Gasteiger partial charge in [-0.25, -0.2) is 0 Å². The lowest BCUT2D eigenvalue weighted by molar-refractivity contribution is -0.140. The van der Waals surface area contributed by atoms with E-state index >= 15 is 0 Å². The molecule has 0 saturated heterocycles. The van der Waals surface area contributed by atoms with Crippen LogP contribution in [0, 0.1) is 0 Å². The Kier molecular flexibility index (Phi) is 6.80. The Hall–Kier alpha value is -2.34. The summed E-state index contributed by atoms with van der Waals surface area (Å²) in [5.41, 5.74) is 1.06. The van der Waals surface area contributed by atoms with Crippen molar-refractivity contribution in [3.63, 3.8) is 0 Å². The van der Waals surface area contributed by atoms with Crippen LogP contribution in [0.5, 0.6) is 0 Å². The molecule has 0 radical (unpaired) electrons. The van der Waals surface area contributed by atoms with Gasteiger partial charge in [-0.1, -0.05) is 42.5 Å². The SMILES string of the molecule is CC(CCc1ccc(C(F)(F)F)cc1)N[C@@H](Cc1ccccc1)C(=O)O. The van der Waals surface area contributed by atoms with Gasteiger partial charge in [0.15, 0.2) is 0 Å². The minimum Gasteiger partial charge on any atom is -0.480 e. The largest absolute Gasteiger partial charge is 0.480 e. The fourth-order valence-electron chi connectivity index (χ4n) is 2.74. The van der Waals surface area contributed by atoms with Gasteiger partial charge < -0.3 is 10.4 Å². The molecule has 0 heterocycles. The Balaban J connectivity index is 1.88. The molecule has 0 fully saturated rings. The quantitative estimate of drug-likeness (QED) is 0.733. The van der Waals surface area contributed by atoms with Crippen molar-refractivity contribution < 1.29 is 23.1 Å². The molecule has 2 aromatic rings. The van der Waals surface area contributed by atoms with E-state index in [1.807, 2.05) is 37.3 Å². The topological polar surface area (TPSA) is 49.3 Å². The molecule has 26 heavy (non-hydrogen) atoms. The maximum atomic E-state index is 12.6. The van der Waals surface area contributed by atoms with Crippen LogP contribution < -0.4 is 5.32 Å². The monoisotopic (exact) mass is 365 g/mol. The van der Waals surface area contributed by atoms with Crippen molar-refractivity contribution in [1.82, 2.24) is 5.32 Å². The van der Waals surface area contributed by atoms with Gasteiger partial charge in [-0.05, 0) is 49.4 Å². The molecule has 0 aliphatic rings. The fraction of sp³-hybridized carbons (Fsp3) is 0.350. The Morgan fingerprint density at radius 2 is 1.65 bits per heavy atom. The molecule has 2 N–H and O–H groups in total. The lowest BCUT2D eigenvalue weighted by Gasteiger charge is -2.20. The number of carbonyl (C=O) groups is 1. The van der Waals surface area contributed by atoms with Gasteiger partial charge in [-0.15, -0.1) is 0 Å². The van der Waals surface area contributed by atoms with Crippen molar-refractivity contribution in [1.29, 1.82) is 0 Å². The van der Waals surface area contributed by atoms with Crippen LogP contribution in [-0.2, 0) is 23.8 Å². The molecule has 6 heteroatoms. The van der Waals surface area contributed by atoms with Crippen LogP contribution >= 0.6 is 0 Å². The van der Waals surface area contributed by atoms with Crippen molar-refractivity contribution in [2.45, 2.75) is 44.4 Å². The number of halogens is 3. The molecule has 0 bridgehead atoms. The summed E-state index contributed by atoms with van der Waals surface area (Å²) < 4.78 is 37.7. The number of aliphatic carboxylic acids is 1. The maximum absolute atomic E-state index is 12.6. The smallest absolute Gasteiger partial charge is 0.416 e. The standard InChI is InChI=1S/C20H22F3NO2/c1-14(7-8-15-9-11-17(12-10-15)20(21,22)23)24-18(19(25)26)13-16-5-3-2-4-6-16/h2-6,9-12,14,18,24H,7-8,13H2,1H3,(H,25,26)/t14?,18-/m0/s1. The third-order valence-electron chi connectivity index (χ3n) is 4.21. The van der Waals surface area contributed by atoms with Crippen molar-refractivity contribution in [3.8, 4) is 0 Å². The first-order chi connectivity index (χ1) is 12.3. The first-order valence-electron chi connectivity index (χ1n) is 8.44. The van der Waals surface area contributed by atoms with Gasteiger partial charge in [0.2, 0.25) is 0 Å². The molecule has 3 nitrogen and oxygen atoms in total. The van der Waals surface area contributed by atoms with Gasteiger partial charge in [0.25, 0.3) is 0 Å². The number of alkyl halides is 3. The Labute approximate surface area is 150 Å². The predicted molar refractivity (Wildman–Crippen MR) is 93.9 cm³/mol. The summed E-state index contributed by atoms with van der Waals surface area (Å²) in [6.45, 7) is 1.88. The van der Waals surface area contributed by atoms with Gasteiger partial charge in [-0.3, -0.25) is 4.79 Å². The summed E-state index contributed by atoms with van der Waals surface area (Å²) in [5.74, 6) is -0.921. The average molecular weight is 365 g/mol. The van der Waals surface area contributed by atoms with E-state index in [2.05, 4.69) is 5.32 Å². The molecule has 0 aliphatic carbocycles. The lowest BCUT2D eigenvalue weighted by atomic mass is 10.0. The minimum atomic E-state index is -4.33. The number of rotatable bonds is 8. The van der Waals surface area contributed by atoms with Crippen LogP contribution in [-0.4, -0.2) is 23.2 Å². The first-order valence-corrected chi connectivity index (χ1v) is 8.44. The molecule has 0 aliphatic heterocycles. The number of aryl methyl sites for hydroxylation is 1. The summed E-state index contributed by atoms with van der Waals surface area (Å²) in [6, 6.07) is 13.6. The Morgan fingerprint density at radius 3 is 2.19 bits per heavy atom. The summed E-state index contributed by atoms with van der Waals surface area (Å²) in [7, 11) is 0. The molecule has 2 atom stereocenters. The second kappa shape index (κ2) is 8.85. The van der Waals surface area contributed by atoms with E-state index < -0.39 is 23.8 Å². The maximum Gasteiger partial charge on any atom is 0.416 e. The summed E-state index contributed by atoms with van der Waals surface area (Å²) >= 11 is 0. The highest BCUT2D eigenvalue weighted by Crippen LogP contribution is 2.29. The van der Waals surface area contributed by atoms with Crippen LogP contribution in [0.4, 0.5) is 13.2 Å². The van der Waals surface area contributed by atoms with Crippen molar-refractivity contribution >= 4 is 5.97 Å². The molecular weight excluding hydrogens is 343 g/mol. The van der Waals surface area contributed by atoms with Crippen molar-refractivity contribution in [3.05, 3.63) is 71.3 Å². The number of nitrogens with one attached hydrogen (secondary N) is 1. The van der Waals surface area contributed by atoms with Crippen LogP contribution in [0.15, 0.2) is 54.6 Å². The van der Waals surface area contributed by atoms with Crippen molar-refractivity contribution in [2.75, 3.05) is 0 Å². The molecule has 0 aromatic heterocycles. The van der Waals surface area contributed by atoms with Gasteiger partial charge in [0.1, 0.15) is 6.04 Å². The Bertz CT molecular complexity index is 699. The molecule has 2 aromatic carbocycles. The highest BCUT2D eigenvalue weighted by atomic mass is 19.4. The van der Waals surface area contributed by atoms with Crippen LogP contribution in [0.3, 0.4) is 0 Å². The van der Waals surface area contributed by atoms with Crippen LogP contribution in [0.25, 0.3) is 0 Å². The zero-order valence-corrected chi connectivity index (χ0v) is 14.5. The molecule has 0 spiro atoms. The van der Waals surface area contributed by atoms with Crippen LogP contribution in [0.1, 0.15) is 30.0 Å². The molecule has 0 saturated carbocycles. The zero-order chi connectivity index (χ0) is 19.2. The number of benzene rings is 2. The lowest BCUT2D eigenvalue weighted by Crippen LogP contribution is -2.43. The number of carboxylic acid groups (broad SMARTS) is 1. The first kappa shape index (κ1) is 20.0. The number of hydrogen-bond donors (Lipinski definition) is 2. The van der Waals surface area contributed by atoms with E-state index in [0.29, 0.717) is 19.3 Å². The normalized spacial score (nSPS) is 14.0. The summed E-state index contributed by atoms with van der Waals surface area (Å²) in [5, 5.41) is 12.5. The highest BCUT2D eigenvalue weighted by Gasteiger charge is 2.29. The van der Waals surface area contributed by atoms with E-state index in [1.165, 1.54) is 12.1 Å². The second-order valence-corrected chi connectivity index (χ2v) is 6.38. The Morgan fingerprint density at radius 1 is 1.04 bits per heavy atom. The third-order valence-corrected chi connectivity index (χ3v) is 4.21. The summed E-state index contributed by atoms with van der Waals surface area (Å²) in [4.78, 5) is 11.5. The minimum absolute atomic E-state index is 0.0814. The van der Waals surface area contributed by atoms with Crippen LogP contribution in [0.2, 0.25) is 0 Å². The van der Waals surface area contributed by atoms with E-state index in [4.69, 9.17) is 0 Å². The van der Waals surface area contributed by atoms with Gasteiger partial charge in [0.05, 0.1) is 5.56 Å². The second-order valence-electron chi connectivity index (χ2n) is 6.38. The van der Waals surface area contributed by atoms with Crippen molar-refractivity contribution in [2.24, 2.45) is 0 Å². The highest BCUT2D eigenvalue weighted by molar-refractivity contribution is 5.74. The fourth-order valence-corrected chi connectivity index (χ4v) is 2.74. The average Bonchev–Trinajstić information content (AvgIpc) is 2.60. The third kappa shape index (κ3) is 6.19.